The number of carbonyl (C=O) groups is 1. The lowest BCUT2D eigenvalue weighted by molar-refractivity contribution is 0.0588. The van der Waals surface area contributed by atoms with Crippen molar-refractivity contribution >= 4 is 16.8 Å². The number of hydrogen-bond acceptors (Lipinski definition) is 4. The van der Waals surface area contributed by atoms with Crippen LogP contribution in [0, 0.1) is 0 Å². The third kappa shape index (κ3) is 3.53. The third-order valence-corrected chi connectivity index (χ3v) is 3.01. The molecule has 0 aliphatic rings. The van der Waals surface area contributed by atoms with Crippen LogP contribution in [0.5, 0.6) is 0 Å². The molecule has 20 heavy (non-hydrogen) atoms. The number of benzene rings is 1. The number of pyridine rings is 1. The molecule has 0 radical (unpaired) electrons. The Labute approximate surface area is 117 Å². The summed E-state index contributed by atoms with van der Waals surface area (Å²) in [5.74, 6) is -0.159. The van der Waals surface area contributed by atoms with Crippen LogP contribution in [-0.4, -0.2) is 42.4 Å². The number of hydrogen-bond donors (Lipinski definition) is 2. The zero-order chi connectivity index (χ0) is 14.4. The summed E-state index contributed by atoms with van der Waals surface area (Å²) in [7, 11) is 1.53. The van der Waals surface area contributed by atoms with Gasteiger partial charge in [-0.3, -0.25) is 9.78 Å². The van der Waals surface area contributed by atoms with Crippen LogP contribution in [0.4, 0.5) is 0 Å². The molecule has 2 aromatic rings. The number of aromatic nitrogens is 1. The molecule has 106 valence electrons. The van der Waals surface area contributed by atoms with E-state index in [0.717, 1.165) is 10.9 Å². The second-order valence-electron chi connectivity index (χ2n) is 4.53. The van der Waals surface area contributed by atoms with Crippen molar-refractivity contribution in [1.82, 2.24) is 10.3 Å². The van der Waals surface area contributed by atoms with E-state index in [1.807, 2.05) is 18.2 Å². The minimum Gasteiger partial charge on any atom is -0.391 e. The number of nitrogens with zero attached hydrogens (tertiary/aromatic N) is 1. The van der Waals surface area contributed by atoms with E-state index in [-0.39, 0.29) is 12.5 Å². The quantitative estimate of drug-likeness (QED) is 0.834. The van der Waals surface area contributed by atoms with Gasteiger partial charge in [0, 0.05) is 30.8 Å². The van der Waals surface area contributed by atoms with Gasteiger partial charge in [-0.1, -0.05) is 12.1 Å². The maximum atomic E-state index is 12.1. The summed E-state index contributed by atoms with van der Waals surface area (Å²) in [5, 5.41) is 13.1. The molecule has 2 N–H and O–H groups in total. The number of carbonyl (C=O) groups excluding carboxylic acids is 1. The number of methoxy groups -OCH3 is 1. The first-order chi connectivity index (χ1) is 9.72. The number of aliphatic hydroxyl groups excluding tert-OH is 1. The fraction of sp³-hybridized carbons (Fsp3) is 0.333. The molecule has 0 spiro atoms. The lowest BCUT2D eigenvalue weighted by atomic mass is 10.1. The van der Waals surface area contributed by atoms with Crippen LogP contribution >= 0.6 is 0 Å². The Kier molecular flexibility index (Phi) is 5.03. The van der Waals surface area contributed by atoms with E-state index >= 15 is 0 Å². The van der Waals surface area contributed by atoms with Gasteiger partial charge in [-0.15, -0.1) is 0 Å². The predicted octanol–water partition coefficient (Wildman–Crippen LogP) is 1.36. The molecule has 1 aromatic heterocycles. The molecule has 1 atom stereocenters. The highest BCUT2D eigenvalue weighted by molar-refractivity contribution is 6.06. The molecule has 0 aliphatic heterocycles. The number of nitrogens with one attached hydrogen (secondary N) is 1. The molecule has 0 fully saturated rings. The van der Waals surface area contributed by atoms with Gasteiger partial charge in [0.05, 0.1) is 18.2 Å². The Morgan fingerprint density at radius 3 is 3.05 bits per heavy atom. The van der Waals surface area contributed by atoms with Crippen LogP contribution in [-0.2, 0) is 4.74 Å². The van der Waals surface area contributed by atoms with Crippen molar-refractivity contribution in [3.63, 3.8) is 0 Å². The van der Waals surface area contributed by atoms with E-state index in [9.17, 15) is 9.90 Å². The number of amides is 1. The van der Waals surface area contributed by atoms with Gasteiger partial charge in [0.2, 0.25) is 0 Å². The first-order valence-electron chi connectivity index (χ1n) is 6.51. The molecule has 1 aromatic carbocycles. The van der Waals surface area contributed by atoms with Gasteiger partial charge < -0.3 is 15.2 Å². The van der Waals surface area contributed by atoms with Gasteiger partial charge in [-0.25, -0.2) is 0 Å². The fourth-order valence-electron chi connectivity index (χ4n) is 2.02. The van der Waals surface area contributed by atoms with Gasteiger partial charge in [0.25, 0.3) is 5.91 Å². The molecule has 0 saturated heterocycles. The monoisotopic (exact) mass is 274 g/mol. The molecule has 1 unspecified atom stereocenters. The lowest BCUT2D eigenvalue weighted by Gasteiger charge is -2.11. The molecule has 1 heterocycles. The van der Waals surface area contributed by atoms with Crippen LogP contribution in [0.1, 0.15) is 16.8 Å². The summed E-state index contributed by atoms with van der Waals surface area (Å²) in [6.45, 7) is 0.675. The van der Waals surface area contributed by atoms with Crippen molar-refractivity contribution in [3.8, 4) is 0 Å². The standard InChI is InChI=1S/C15H18N2O3/c1-20-10-11(18)7-9-17-15(19)13-4-2-6-14-12(13)5-3-8-16-14/h2-6,8,11,18H,7,9-10H2,1H3,(H,17,19). The first kappa shape index (κ1) is 14.4. The van der Waals surface area contributed by atoms with Crippen molar-refractivity contribution in [3.05, 3.63) is 42.1 Å². The number of ether oxygens (including phenoxy) is 1. The first-order valence-corrected chi connectivity index (χ1v) is 6.51. The Morgan fingerprint density at radius 1 is 1.40 bits per heavy atom. The zero-order valence-corrected chi connectivity index (χ0v) is 11.4. The maximum absolute atomic E-state index is 12.1. The average molecular weight is 274 g/mol. The number of rotatable bonds is 6. The van der Waals surface area contributed by atoms with Gasteiger partial charge in [0.1, 0.15) is 0 Å². The molecule has 0 bridgehead atoms. The van der Waals surface area contributed by atoms with E-state index in [2.05, 4.69) is 10.3 Å². The molecule has 5 nitrogen and oxygen atoms in total. The van der Waals surface area contributed by atoms with Crippen LogP contribution in [0.15, 0.2) is 36.5 Å². The van der Waals surface area contributed by atoms with Crippen molar-refractivity contribution in [2.45, 2.75) is 12.5 Å². The van der Waals surface area contributed by atoms with Crippen LogP contribution in [0.25, 0.3) is 10.9 Å². The summed E-state index contributed by atoms with van der Waals surface area (Å²) in [5.41, 5.74) is 1.39. The summed E-state index contributed by atoms with van der Waals surface area (Å²) < 4.78 is 4.83. The smallest absolute Gasteiger partial charge is 0.251 e. The second-order valence-corrected chi connectivity index (χ2v) is 4.53. The van der Waals surface area contributed by atoms with Gasteiger partial charge in [-0.05, 0) is 24.6 Å². The Balaban J connectivity index is 2.01. The third-order valence-electron chi connectivity index (χ3n) is 3.01. The van der Waals surface area contributed by atoms with E-state index in [1.165, 1.54) is 7.11 Å². The van der Waals surface area contributed by atoms with Crippen LogP contribution in [0.2, 0.25) is 0 Å². The van der Waals surface area contributed by atoms with Crippen molar-refractivity contribution in [2.75, 3.05) is 20.3 Å². The summed E-state index contributed by atoms with van der Waals surface area (Å²) in [6, 6.07) is 9.13. The molecule has 2 rings (SSSR count). The lowest BCUT2D eigenvalue weighted by Crippen LogP contribution is -2.28. The van der Waals surface area contributed by atoms with E-state index in [0.29, 0.717) is 18.5 Å². The number of aliphatic hydroxyl groups is 1. The summed E-state index contributed by atoms with van der Waals surface area (Å²) in [6.07, 6.45) is 1.60. The highest BCUT2D eigenvalue weighted by Crippen LogP contribution is 2.16. The molecule has 0 saturated carbocycles. The molecule has 5 heteroatoms. The van der Waals surface area contributed by atoms with Crippen LogP contribution in [0.3, 0.4) is 0 Å². The van der Waals surface area contributed by atoms with Gasteiger partial charge >= 0.3 is 0 Å². The van der Waals surface area contributed by atoms with Crippen molar-refractivity contribution < 1.29 is 14.6 Å². The van der Waals surface area contributed by atoms with E-state index in [1.54, 1.807) is 18.3 Å². The minimum absolute atomic E-state index is 0.159. The Morgan fingerprint density at radius 2 is 2.25 bits per heavy atom. The fourth-order valence-corrected chi connectivity index (χ4v) is 2.02. The minimum atomic E-state index is -0.561. The molecule has 1 amide bonds. The molecular formula is C15H18N2O3. The average Bonchev–Trinajstić information content (AvgIpc) is 2.47. The zero-order valence-electron chi connectivity index (χ0n) is 11.4. The van der Waals surface area contributed by atoms with Crippen LogP contribution < -0.4 is 5.32 Å². The number of fused-ring (bicyclic) bond motifs is 1. The largest absolute Gasteiger partial charge is 0.391 e. The second kappa shape index (κ2) is 6.98. The normalized spacial score (nSPS) is 12.3. The van der Waals surface area contributed by atoms with Crippen molar-refractivity contribution in [2.24, 2.45) is 0 Å². The SMILES string of the molecule is COCC(O)CCNC(=O)c1cccc2ncccc12. The molecular weight excluding hydrogens is 256 g/mol. The highest BCUT2D eigenvalue weighted by atomic mass is 16.5. The highest BCUT2D eigenvalue weighted by Gasteiger charge is 2.10. The summed E-state index contributed by atoms with van der Waals surface area (Å²) >= 11 is 0. The topological polar surface area (TPSA) is 71.5 Å². The van der Waals surface area contributed by atoms with Gasteiger partial charge in [0.15, 0.2) is 0 Å². The Hall–Kier alpha value is -1.98. The van der Waals surface area contributed by atoms with Gasteiger partial charge in [-0.2, -0.15) is 0 Å². The molecule has 0 aliphatic carbocycles. The van der Waals surface area contributed by atoms with E-state index in [4.69, 9.17) is 4.74 Å². The summed E-state index contributed by atoms with van der Waals surface area (Å²) in [4.78, 5) is 16.4. The van der Waals surface area contributed by atoms with Crippen molar-refractivity contribution in [1.29, 1.82) is 0 Å². The predicted molar refractivity (Wildman–Crippen MR) is 76.6 cm³/mol. The maximum Gasteiger partial charge on any atom is 0.251 e. The van der Waals surface area contributed by atoms with E-state index < -0.39 is 6.10 Å². The Bertz CT molecular complexity index is 581.